The molecule has 0 unspecified atom stereocenters. The molecule has 1 aliphatic heterocycles. The molecule has 0 spiro atoms. The topological polar surface area (TPSA) is 29.5 Å². The van der Waals surface area contributed by atoms with Crippen LogP contribution in [0.25, 0.3) is 0 Å². The van der Waals surface area contributed by atoms with Gasteiger partial charge < -0.3 is 9.84 Å². The summed E-state index contributed by atoms with van der Waals surface area (Å²) >= 11 is 0. The first-order valence-corrected chi connectivity index (χ1v) is 10.3. The van der Waals surface area contributed by atoms with Crippen LogP contribution < -0.4 is 4.74 Å². The number of ether oxygens (including phenoxy) is 1. The Labute approximate surface area is 159 Å². The van der Waals surface area contributed by atoms with E-state index in [0.29, 0.717) is 17.6 Å². The fourth-order valence-corrected chi connectivity index (χ4v) is 4.59. The second-order valence-electron chi connectivity index (χ2n) is 8.59. The van der Waals surface area contributed by atoms with Crippen LogP contribution in [0.1, 0.15) is 83.3 Å². The van der Waals surface area contributed by atoms with Crippen molar-refractivity contribution in [3.63, 3.8) is 0 Å². The van der Waals surface area contributed by atoms with Gasteiger partial charge in [-0.1, -0.05) is 37.1 Å². The van der Waals surface area contributed by atoms with Crippen molar-refractivity contribution in [2.45, 2.75) is 84.2 Å². The number of hydrogen-bond donors (Lipinski definition) is 1. The van der Waals surface area contributed by atoms with Crippen LogP contribution in [0.15, 0.2) is 35.9 Å². The number of unbranched alkanes of at least 4 members (excludes halogenated alkanes) is 2. The largest absolute Gasteiger partial charge is 0.508 e. The fraction of sp³-hybridized carbons (Fsp3) is 0.583. The lowest BCUT2D eigenvalue weighted by atomic mass is 9.67. The molecule has 0 radical (unpaired) electrons. The molecule has 0 aromatic heterocycles. The Morgan fingerprint density at radius 1 is 1.23 bits per heavy atom. The third-order valence-corrected chi connectivity index (χ3v) is 6.02. The van der Waals surface area contributed by atoms with Crippen molar-refractivity contribution < 1.29 is 9.84 Å². The third kappa shape index (κ3) is 4.00. The van der Waals surface area contributed by atoms with Crippen molar-refractivity contribution >= 4 is 0 Å². The van der Waals surface area contributed by atoms with Crippen LogP contribution in [0.2, 0.25) is 0 Å². The predicted octanol–water partition coefficient (Wildman–Crippen LogP) is 6.68. The first-order chi connectivity index (χ1) is 12.4. The molecule has 2 heteroatoms. The van der Waals surface area contributed by atoms with E-state index in [-0.39, 0.29) is 5.60 Å². The molecule has 3 rings (SSSR count). The van der Waals surface area contributed by atoms with Gasteiger partial charge in [-0.15, -0.1) is 0 Å². The zero-order chi connectivity index (χ0) is 18.7. The number of benzene rings is 1. The van der Waals surface area contributed by atoms with Gasteiger partial charge in [0, 0.05) is 17.4 Å². The molecule has 142 valence electrons. The summed E-state index contributed by atoms with van der Waals surface area (Å²) in [6.45, 7) is 8.81. The van der Waals surface area contributed by atoms with Gasteiger partial charge in [0.05, 0.1) is 0 Å². The highest BCUT2D eigenvalue weighted by Crippen LogP contribution is 2.54. The molecular weight excluding hydrogens is 320 g/mol. The Morgan fingerprint density at radius 3 is 2.77 bits per heavy atom. The van der Waals surface area contributed by atoms with Gasteiger partial charge in [0.1, 0.15) is 17.1 Å². The summed E-state index contributed by atoms with van der Waals surface area (Å²) in [5.74, 6) is 2.13. The minimum atomic E-state index is -0.192. The zero-order valence-electron chi connectivity index (χ0n) is 16.8. The van der Waals surface area contributed by atoms with Crippen molar-refractivity contribution in [2.24, 2.45) is 5.92 Å². The van der Waals surface area contributed by atoms with Crippen LogP contribution in [0, 0.1) is 5.92 Å². The smallest absolute Gasteiger partial charge is 0.127 e. The molecule has 0 bridgehead atoms. The fourth-order valence-electron chi connectivity index (χ4n) is 4.59. The number of phenols is 1. The van der Waals surface area contributed by atoms with Crippen molar-refractivity contribution in [1.29, 1.82) is 0 Å². The van der Waals surface area contributed by atoms with E-state index < -0.39 is 0 Å². The molecule has 2 aliphatic rings. The summed E-state index contributed by atoms with van der Waals surface area (Å²) in [4.78, 5) is 0. The Morgan fingerprint density at radius 2 is 2.00 bits per heavy atom. The molecule has 1 aromatic rings. The van der Waals surface area contributed by atoms with Crippen LogP contribution >= 0.6 is 0 Å². The number of fused-ring (bicyclic) bond motifs is 3. The Hall–Kier alpha value is -1.70. The summed E-state index contributed by atoms with van der Waals surface area (Å²) in [7, 11) is 0. The highest BCUT2D eigenvalue weighted by Gasteiger charge is 2.45. The van der Waals surface area contributed by atoms with Crippen molar-refractivity contribution in [3.05, 3.63) is 47.1 Å². The first-order valence-electron chi connectivity index (χ1n) is 10.3. The maximum Gasteiger partial charge on any atom is 0.127 e. The lowest BCUT2D eigenvalue weighted by molar-refractivity contribution is 0.00753. The average Bonchev–Trinajstić information content (AvgIpc) is 2.56. The average molecular weight is 355 g/mol. The normalized spacial score (nSPS) is 23.9. The molecular formula is C24H34O2. The Balaban J connectivity index is 1.79. The highest BCUT2D eigenvalue weighted by atomic mass is 16.5. The molecule has 0 saturated heterocycles. The minimum absolute atomic E-state index is 0.192. The molecule has 1 heterocycles. The van der Waals surface area contributed by atoms with Crippen molar-refractivity contribution in [2.75, 3.05) is 0 Å². The molecule has 1 N–H and O–H groups in total. The molecule has 2 atom stereocenters. The van der Waals surface area contributed by atoms with Gasteiger partial charge in [0.2, 0.25) is 0 Å². The van der Waals surface area contributed by atoms with Gasteiger partial charge in [-0.05, 0) is 77.0 Å². The number of aromatic hydroxyl groups is 1. The first kappa shape index (κ1) is 19.1. The lowest BCUT2D eigenvalue weighted by Crippen LogP contribution is -2.45. The molecule has 1 aromatic carbocycles. The summed E-state index contributed by atoms with van der Waals surface area (Å²) in [6.07, 6.45) is 14.5. The number of rotatable bonds is 6. The number of hydrogen-bond acceptors (Lipinski definition) is 2. The van der Waals surface area contributed by atoms with Gasteiger partial charge >= 0.3 is 0 Å². The van der Waals surface area contributed by atoms with E-state index in [1.807, 2.05) is 6.07 Å². The third-order valence-electron chi connectivity index (χ3n) is 6.02. The lowest BCUT2D eigenvalue weighted by Gasteiger charge is -2.47. The maximum absolute atomic E-state index is 10.8. The summed E-state index contributed by atoms with van der Waals surface area (Å²) < 4.78 is 6.40. The van der Waals surface area contributed by atoms with Gasteiger partial charge in [-0.2, -0.15) is 0 Å². The van der Waals surface area contributed by atoms with E-state index in [9.17, 15) is 5.11 Å². The van der Waals surface area contributed by atoms with Crippen LogP contribution in [0.5, 0.6) is 11.5 Å². The number of aryl methyl sites for hydroxylation is 1. The van der Waals surface area contributed by atoms with E-state index in [1.54, 1.807) is 0 Å². The van der Waals surface area contributed by atoms with Crippen LogP contribution in [-0.2, 0) is 6.42 Å². The van der Waals surface area contributed by atoms with E-state index in [1.165, 1.54) is 24.0 Å². The molecule has 0 amide bonds. The number of phenolic OH excluding ortho intramolecular Hbond substituents is 1. The van der Waals surface area contributed by atoms with E-state index in [0.717, 1.165) is 43.4 Å². The van der Waals surface area contributed by atoms with E-state index in [4.69, 9.17) is 4.74 Å². The zero-order valence-corrected chi connectivity index (χ0v) is 16.8. The Kier molecular flexibility index (Phi) is 5.79. The molecule has 0 fully saturated rings. The van der Waals surface area contributed by atoms with Crippen LogP contribution in [-0.4, -0.2) is 10.7 Å². The Bertz CT molecular complexity index is 696. The molecule has 1 aliphatic carbocycles. The number of allylic oxidation sites excluding steroid dienone is 4. The summed E-state index contributed by atoms with van der Waals surface area (Å²) in [5, 5.41) is 10.8. The molecule has 0 saturated carbocycles. The standard InChI is InChI=1S/C24H34O2/c1-5-6-7-8-9-10-11-18-15-21(25)23-19-14-17(2)12-13-20(19)24(3,4)26-22(23)16-18/h7-8,12,15-16,19-20,25H,5-6,9-11,13-14H2,1-4H3/b8-7-/t19-,20-/m1/s1. The van der Waals surface area contributed by atoms with E-state index in [2.05, 4.69) is 52.0 Å². The minimum Gasteiger partial charge on any atom is -0.508 e. The predicted molar refractivity (Wildman–Crippen MR) is 109 cm³/mol. The summed E-state index contributed by atoms with van der Waals surface area (Å²) in [6, 6.07) is 4.15. The molecule has 2 nitrogen and oxygen atoms in total. The SMILES string of the molecule is CCC/C=C\CCCc1cc(O)c2c(c1)OC(C)(C)[C@@H]1CC=C(C)C[C@@H]21. The van der Waals surface area contributed by atoms with Gasteiger partial charge in [0.25, 0.3) is 0 Å². The summed E-state index contributed by atoms with van der Waals surface area (Å²) in [5.41, 5.74) is 3.45. The molecule has 26 heavy (non-hydrogen) atoms. The van der Waals surface area contributed by atoms with Crippen LogP contribution in [0.4, 0.5) is 0 Å². The van der Waals surface area contributed by atoms with Crippen LogP contribution in [0.3, 0.4) is 0 Å². The monoisotopic (exact) mass is 354 g/mol. The highest BCUT2D eigenvalue weighted by molar-refractivity contribution is 5.52. The van der Waals surface area contributed by atoms with Gasteiger partial charge in [-0.3, -0.25) is 0 Å². The van der Waals surface area contributed by atoms with Crippen molar-refractivity contribution in [1.82, 2.24) is 0 Å². The van der Waals surface area contributed by atoms with Crippen molar-refractivity contribution in [3.8, 4) is 11.5 Å². The second kappa shape index (κ2) is 7.90. The van der Waals surface area contributed by atoms with E-state index >= 15 is 0 Å². The quantitative estimate of drug-likeness (QED) is 0.456. The second-order valence-corrected chi connectivity index (χ2v) is 8.59. The van der Waals surface area contributed by atoms with Gasteiger partial charge in [0.15, 0.2) is 0 Å². The van der Waals surface area contributed by atoms with Gasteiger partial charge in [-0.25, -0.2) is 0 Å². The maximum atomic E-state index is 10.8.